The van der Waals surface area contributed by atoms with Crippen LogP contribution < -0.4 is 4.74 Å². The second kappa shape index (κ2) is 8.98. The molecule has 0 unspecified atom stereocenters. The van der Waals surface area contributed by atoms with Gasteiger partial charge in [0.15, 0.2) is 11.6 Å². The van der Waals surface area contributed by atoms with Gasteiger partial charge in [-0.05, 0) is 41.5 Å². The van der Waals surface area contributed by atoms with Crippen LogP contribution in [0.25, 0.3) is 21.9 Å². The molecule has 0 N–H and O–H groups in total. The molecule has 0 fully saturated rings. The highest BCUT2D eigenvalue weighted by Crippen LogP contribution is 2.32. The molecule has 0 amide bonds. The standard InChI is InChI=1S/C24H26F2O/c1-3-4-5-6-7-8-17-9-12-20-18(15-17)10-13-21(24(20)26)19-11-14-23(27-2)22(25)16-19/h9-16H,3-8H2,1-2H3. The predicted molar refractivity (Wildman–Crippen MR) is 108 cm³/mol. The van der Waals surface area contributed by atoms with Crippen LogP contribution in [0.15, 0.2) is 48.5 Å². The normalized spacial score (nSPS) is 11.1. The zero-order valence-corrected chi connectivity index (χ0v) is 16.0. The molecule has 3 aromatic carbocycles. The van der Waals surface area contributed by atoms with Crippen molar-refractivity contribution in [2.75, 3.05) is 7.11 Å². The largest absolute Gasteiger partial charge is 0.494 e. The summed E-state index contributed by atoms with van der Waals surface area (Å²) < 4.78 is 34.0. The second-order valence-corrected chi connectivity index (χ2v) is 7.00. The number of unbranched alkanes of at least 4 members (excludes halogenated alkanes) is 4. The molecule has 0 bridgehead atoms. The molecule has 0 aliphatic carbocycles. The molecule has 3 aromatic rings. The Kier molecular flexibility index (Phi) is 6.44. The average molecular weight is 368 g/mol. The van der Waals surface area contributed by atoms with Gasteiger partial charge in [-0.2, -0.15) is 0 Å². The second-order valence-electron chi connectivity index (χ2n) is 7.00. The van der Waals surface area contributed by atoms with Gasteiger partial charge in [0.1, 0.15) is 5.82 Å². The molecular formula is C24H26F2O. The highest BCUT2D eigenvalue weighted by Gasteiger charge is 2.12. The van der Waals surface area contributed by atoms with Gasteiger partial charge in [-0.25, -0.2) is 8.78 Å². The Balaban J connectivity index is 1.83. The van der Waals surface area contributed by atoms with Crippen molar-refractivity contribution in [2.24, 2.45) is 0 Å². The summed E-state index contributed by atoms with van der Waals surface area (Å²) in [6.45, 7) is 2.21. The van der Waals surface area contributed by atoms with E-state index in [4.69, 9.17) is 4.74 Å². The number of methoxy groups -OCH3 is 1. The quantitative estimate of drug-likeness (QED) is 0.379. The van der Waals surface area contributed by atoms with Gasteiger partial charge in [-0.15, -0.1) is 0 Å². The van der Waals surface area contributed by atoms with Gasteiger partial charge in [-0.1, -0.05) is 69.0 Å². The van der Waals surface area contributed by atoms with Crippen LogP contribution in [0.1, 0.15) is 44.6 Å². The number of hydrogen-bond acceptors (Lipinski definition) is 1. The van der Waals surface area contributed by atoms with Crippen molar-refractivity contribution < 1.29 is 13.5 Å². The molecule has 0 saturated heterocycles. The fourth-order valence-electron chi connectivity index (χ4n) is 3.49. The number of hydrogen-bond donors (Lipinski definition) is 0. The molecule has 0 saturated carbocycles. The lowest BCUT2D eigenvalue weighted by molar-refractivity contribution is 0.386. The van der Waals surface area contributed by atoms with Crippen molar-refractivity contribution in [2.45, 2.75) is 45.4 Å². The maximum absolute atomic E-state index is 15.0. The van der Waals surface area contributed by atoms with Crippen LogP contribution in [0, 0.1) is 11.6 Å². The summed E-state index contributed by atoms with van der Waals surface area (Å²) >= 11 is 0. The van der Waals surface area contributed by atoms with Crippen molar-refractivity contribution in [3.05, 3.63) is 65.7 Å². The minimum absolute atomic E-state index is 0.156. The third-order valence-corrected chi connectivity index (χ3v) is 5.05. The van der Waals surface area contributed by atoms with E-state index < -0.39 is 5.82 Å². The maximum atomic E-state index is 15.0. The van der Waals surface area contributed by atoms with Crippen LogP contribution in [0.2, 0.25) is 0 Å². The van der Waals surface area contributed by atoms with E-state index in [2.05, 4.69) is 13.0 Å². The fraction of sp³-hybridized carbons (Fsp3) is 0.333. The maximum Gasteiger partial charge on any atom is 0.165 e. The molecule has 0 aromatic heterocycles. The number of ether oxygens (including phenoxy) is 1. The summed E-state index contributed by atoms with van der Waals surface area (Å²) in [4.78, 5) is 0. The molecule has 27 heavy (non-hydrogen) atoms. The van der Waals surface area contributed by atoms with E-state index in [0.29, 0.717) is 16.5 Å². The van der Waals surface area contributed by atoms with Crippen LogP contribution in [-0.4, -0.2) is 7.11 Å². The van der Waals surface area contributed by atoms with Crippen molar-refractivity contribution in [1.29, 1.82) is 0 Å². The van der Waals surface area contributed by atoms with E-state index in [-0.39, 0.29) is 11.6 Å². The zero-order valence-electron chi connectivity index (χ0n) is 16.0. The van der Waals surface area contributed by atoms with Crippen molar-refractivity contribution in [1.82, 2.24) is 0 Å². The van der Waals surface area contributed by atoms with Gasteiger partial charge < -0.3 is 4.74 Å². The summed E-state index contributed by atoms with van der Waals surface area (Å²) in [7, 11) is 1.41. The lowest BCUT2D eigenvalue weighted by Gasteiger charge is -2.10. The predicted octanol–water partition coefficient (Wildman–Crippen LogP) is 7.31. The van der Waals surface area contributed by atoms with Crippen LogP contribution >= 0.6 is 0 Å². The first-order valence-corrected chi connectivity index (χ1v) is 9.69. The van der Waals surface area contributed by atoms with E-state index in [9.17, 15) is 4.39 Å². The molecule has 0 aliphatic rings. The van der Waals surface area contributed by atoms with Gasteiger partial charge in [0, 0.05) is 10.9 Å². The number of halogens is 2. The van der Waals surface area contributed by atoms with Gasteiger partial charge in [0.2, 0.25) is 0 Å². The number of fused-ring (bicyclic) bond motifs is 1. The molecule has 142 valence electrons. The first kappa shape index (κ1) is 19.3. The first-order valence-electron chi connectivity index (χ1n) is 9.69. The van der Waals surface area contributed by atoms with E-state index in [1.165, 1.54) is 50.5 Å². The average Bonchev–Trinajstić information content (AvgIpc) is 2.68. The first-order chi connectivity index (χ1) is 13.1. The topological polar surface area (TPSA) is 9.23 Å². The molecule has 0 radical (unpaired) electrons. The molecule has 0 aliphatic heterocycles. The molecule has 0 atom stereocenters. The summed E-state index contributed by atoms with van der Waals surface area (Å²) in [5, 5.41) is 1.45. The van der Waals surface area contributed by atoms with E-state index in [0.717, 1.165) is 18.2 Å². The third-order valence-electron chi connectivity index (χ3n) is 5.05. The zero-order chi connectivity index (χ0) is 19.2. The number of aryl methyl sites for hydroxylation is 1. The minimum atomic E-state index is -0.493. The molecule has 3 rings (SSSR count). The van der Waals surface area contributed by atoms with Gasteiger partial charge in [0.05, 0.1) is 7.11 Å². The Bertz CT molecular complexity index is 918. The Morgan fingerprint density at radius 3 is 2.41 bits per heavy atom. The molecule has 0 spiro atoms. The fourth-order valence-corrected chi connectivity index (χ4v) is 3.49. The highest BCUT2D eigenvalue weighted by molar-refractivity contribution is 5.88. The van der Waals surface area contributed by atoms with Crippen LogP contribution in [-0.2, 0) is 6.42 Å². The van der Waals surface area contributed by atoms with E-state index in [1.807, 2.05) is 18.2 Å². The van der Waals surface area contributed by atoms with Gasteiger partial charge in [0.25, 0.3) is 0 Å². The van der Waals surface area contributed by atoms with Crippen LogP contribution in [0.4, 0.5) is 8.78 Å². The summed E-state index contributed by atoms with van der Waals surface area (Å²) in [5.74, 6) is -0.650. The lowest BCUT2D eigenvalue weighted by Crippen LogP contribution is -1.92. The van der Waals surface area contributed by atoms with Crippen LogP contribution in [0.5, 0.6) is 5.75 Å². The van der Waals surface area contributed by atoms with Gasteiger partial charge >= 0.3 is 0 Å². The molecular weight excluding hydrogens is 342 g/mol. The van der Waals surface area contributed by atoms with Crippen molar-refractivity contribution in [3.63, 3.8) is 0 Å². The Hall–Kier alpha value is -2.42. The Morgan fingerprint density at radius 1 is 0.852 bits per heavy atom. The molecule has 1 nitrogen and oxygen atoms in total. The smallest absolute Gasteiger partial charge is 0.165 e. The van der Waals surface area contributed by atoms with Crippen molar-refractivity contribution >= 4 is 10.8 Å². The van der Waals surface area contributed by atoms with E-state index in [1.54, 1.807) is 12.1 Å². The monoisotopic (exact) mass is 368 g/mol. The Labute approximate surface area is 160 Å². The minimum Gasteiger partial charge on any atom is -0.494 e. The summed E-state index contributed by atoms with van der Waals surface area (Å²) in [6, 6.07) is 14.1. The van der Waals surface area contributed by atoms with Gasteiger partial charge in [-0.3, -0.25) is 0 Å². The summed E-state index contributed by atoms with van der Waals surface area (Å²) in [6.07, 6.45) is 7.24. The molecule has 3 heteroatoms. The van der Waals surface area contributed by atoms with Crippen LogP contribution in [0.3, 0.4) is 0 Å². The molecule has 0 heterocycles. The highest BCUT2D eigenvalue weighted by atomic mass is 19.1. The Morgan fingerprint density at radius 2 is 1.67 bits per heavy atom. The third kappa shape index (κ3) is 4.47. The SMILES string of the molecule is CCCCCCCc1ccc2c(F)c(-c3ccc(OC)c(F)c3)ccc2c1. The number of rotatable bonds is 8. The number of benzene rings is 3. The van der Waals surface area contributed by atoms with E-state index >= 15 is 4.39 Å². The lowest BCUT2D eigenvalue weighted by atomic mass is 9.97. The van der Waals surface area contributed by atoms with Crippen molar-refractivity contribution in [3.8, 4) is 16.9 Å². The summed E-state index contributed by atoms with van der Waals surface area (Å²) in [5.41, 5.74) is 2.14.